The molecule has 1 aromatic rings. The number of amides is 2. The summed E-state index contributed by atoms with van der Waals surface area (Å²) in [6.45, 7) is -0.505. The molecule has 146 valence electrons. The number of esters is 1. The van der Waals surface area contributed by atoms with Gasteiger partial charge in [-0.25, -0.2) is 4.79 Å². The van der Waals surface area contributed by atoms with Crippen LogP contribution in [0.4, 0.5) is 0 Å². The zero-order chi connectivity index (χ0) is 19.8. The van der Waals surface area contributed by atoms with Gasteiger partial charge in [0.15, 0.2) is 18.1 Å². The molecule has 0 radical (unpaired) electrons. The van der Waals surface area contributed by atoms with E-state index >= 15 is 0 Å². The molecule has 0 bridgehead atoms. The van der Waals surface area contributed by atoms with E-state index in [4.69, 9.17) is 14.2 Å². The van der Waals surface area contributed by atoms with Crippen molar-refractivity contribution in [1.82, 2.24) is 10.2 Å². The second kappa shape index (κ2) is 9.61. The average Bonchev–Trinajstić information content (AvgIpc) is 3.47. The van der Waals surface area contributed by atoms with E-state index in [0.29, 0.717) is 17.1 Å². The van der Waals surface area contributed by atoms with Crippen LogP contribution in [0.5, 0.6) is 11.5 Å². The molecule has 0 spiro atoms. The highest BCUT2D eigenvalue weighted by Gasteiger charge is 2.24. The molecule has 1 aliphatic carbocycles. The third-order valence-electron chi connectivity index (χ3n) is 3.92. The predicted molar refractivity (Wildman–Crippen MR) is 98.3 cm³/mol. The van der Waals surface area contributed by atoms with E-state index in [1.54, 1.807) is 18.2 Å². The Morgan fingerprint density at radius 1 is 1.22 bits per heavy atom. The highest BCUT2D eigenvalue weighted by Crippen LogP contribution is 2.31. The third kappa shape index (κ3) is 6.32. The molecule has 0 unspecified atom stereocenters. The number of likely N-dealkylation sites (N-methyl/N-ethyl adjacent to an activating group) is 1. The summed E-state index contributed by atoms with van der Waals surface area (Å²) in [5, 5.41) is 2.79. The van der Waals surface area contributed by atoms with Crippen LogP contribution in [0.15, 0.2) is 24.3 Å². The molecule has 1 N–H and O–H groups in total. The molecule has 1 aliphatic rings. The minimum atomic E-state index is -0.677. The van der Waals surface area contributed by atoms with Gasteiger partial charge in [-0.15, -0.1) is 0 Å². The number of nitrogens with one attached hydrogen (secondary N) is 1. The van der Waals surface area contributed by atoms with Gasteiger partial charge < -0.3 is 24.4 Å². The van der Waals surface area contributed by atoms with E-state index in [1.165, 1.54) is 38.3 Å². The van der Waals surface area contributed by atoms with Crippen LogP contribution < -0.4 is 14.8 Å². The quantitative estimate of drug-likeness (QED) is 0.510. The topological polar surface area (TPSA) is 94.2 Å². The molecule has 27 heavy (non-hydrogen) atoms. The van der Waals surface area contributed by atoms with Gasteiger partial charge in [0.1, 0.15) is 0 Å². The molecular weight excluding hydrogens is 352 g/mol. The lowest BCUT2D eigenvalue weighted by Gasteiger charge is -2.16. The lowest BCUT2D eigenvalue weighted by Crippen LogP contribution is -2.40. The summed E-state index contributed by atoms with van der Waals surface area (Å²) in [6.07, 6.45) is 4.67. The maximum atomic E-state index is 12.0. The van der Waals surface area contributed by atoms with E-state index in [-0.39, 0.29) is 18.5 Å². The summed E-state index contributed by atoms with van der Waals surface area (Å²) in [5.41, 5.74) is 0.633. The number of hydrogen-bond donors (Lipinski definition) is 1. The SMILES string of the molecule is COc1cccc(/C=C/C(=O)OCC(=O)N(C)CC(=O)NC2CC2)c1OC. The van der Waals surface area contributed by atoms with Crippen LogP contribution in [-0.4, -0.2) is 63.1 Å². The Bertz CT molecular complexity index is 727. The monoisotopic (exact) mass is 376 g/mol. The summed E-state index contributed by atoms with van der Waals surface area (Å²) in [7, 11) is 4.51. The molecule has 1 saturated carbocycles. The van der Waals surface area contributed by atoms with Gasteiger partial charge in [-0.2, -0.15) is 0 Å². The Balaban J connectivity index is 1.82. The maximum Gasteiger partial charge on any atom is 0.331 e. The second-order valence-electron chi connectivity index (χ2n) is 6.12. The number of para-hydroxylation sites is 1. The van der Waals surface area contributed by atoms with Crippen LogP contribution in [0.2, 0.25) is 0 Å². The van der Waals surface area contributed by atoms with Crippen LogP contribution in [0.1, 0.15) is 18.4 Å². The van der Waals surface area contributed by atoms with E-state index in [0.717, 1.165) is 12.8 Å². The number of hydrogen-bond acceptors (Lipinski definition) is 6. The fraction of sp³-hybridized carbons (Fsp3) is 0.421. The minimum absolute atomic E-state index is 0.0657. The number of carbonyl (C=O) groups excluding carboxylic acids is 3. The summed E-state index contributed by atoms with van der Waals surface area (Å²) in [6, 6.07) is 5.49. The molecule has 2 amide bonds. The Morgan fingerprint density at radius 3 is 2.59 bits per heavy atom. The van der Waals surface area contributed by atoms with Gasteiger partial charge in [0, 0.05) is 24.7 Å². The van der Waals surface area contributed by atoms with E-state index < -0.39 is 18.5 Å². The normalized spacial score (nSPS) is 13.1. The molecule has 2 rings (SSSR count). The van der Waals surface area contributed by atoms with Gasteiger partial charge in [-0.05, 0) is 25.0 Å². The Labute approximate surface area is 158 Å². The first kappa shape index (κ1) is 20.3. The standard InChI is InChI=1S/C19H24N2O6/c1-21(11-16(22)20-14-8-9-14)17(23)12-27-18(24)10-7-13-5-4-6-15(25-2)19(13)26-3/h4-7,10,14H,8-9,11-12H2,1-3H3,(H,20,22)/b10-7+. The van der Waals surface area contributed by atoms with E-state index in [9.17, 15) is 14.4 Å². The van der Waals surface area contributed by atoms with Crippen LogP contribution in [0.25, 0.3) is 6.08 Å². The van der Waals surface area contributed by atoms with Crippen molar-refractivity contribution in [3.63, 3.8) is 0 Å². The van der Waals surface area contributed by atoms with Crippen molar-refractivity contribution in [3.8, 4) is 11.5 Å². The van der Waals surface area contributed by atoms with Crippen molar-refractivity contribution < 1.29 is 28.6 Å². The van der Waals surface area contributed by atoms with Gasteiger partial charge in [-0.3, -0.25) is 9.59 Å². The highest BCUT2D eigenvalue weighted by molar-refractivity contribution is 5.90. The van der Waals surface area contributed by atoms with Crippen LogP contribution in [-0.2, 0) is 19.1 Å². The summed E-state index contributed by atoms with van der Waals surface area (Å²) in [4.78, 5) is 36.7. The summed E-state index contributed by atoms with van der Waals surface area (Å²) >= 11 is 0. The number of nitrogens with zero attached hydrogens (tertiary/aromatic N) is 1. The van der Waals surface area contributed by atoms with Gasteiger partial charge in [0.05, 0.1) is 20.8 Å². The Kier molecular flexibility index (Phi) is 7.22. The first-order valence-electron chi connectivity index (χ1n) is 8.53. The number of rotatable bonds is 9. The lowest BCUT2D eigenvalue weighted by molar-refractivity contribution is -0.148. The number of benzene rings is 1. The molecule has 0 saturated heterocycles. The van der Waals surface area contributed by atoms with Crippen molar-refractivity contribution in [2.45, 2.75) is 18.9 Å². The van der Waals surface area contributed by atoms with Crippen molar-refractivity contribution >= 4 is 23.9 Å². The largest absolute Gasteiger partial charge is 0.493 e. The minimum Gasteiger partial charge on any atom is -0.493 e. The second-order valence-corrected chi connectivity index (χ2v) is 6.12. The van der Waals surface area contributed by atoms with Gasteiger partial charge in [0.25, 0.3) is 5.91 Å². The molecule has 0 aliphatic heterocycles. The number of methoxy groups -OCH3 is 2. The van der Waals surface area contributed by atoms with Crippen LogP contribution in [0.3, 0.4) is 0 Å². The molecule has 8 heteroatoms. The van der Waals surface area contributed by atoms with Gasteiger partial charge in [0.2, 0.25) is 5.91 Å². The molecule has 1 aromatic carbocycles. The smallest absolute Gasteiger partial charge is 0.331 e. The molecular formula is C19H24N2O6. The fourth-order valence-electron chi connectivity index (χ4n) is 2.30. The first-order valence-corrected chi connectivity index (χ1v) is 8.53. The average molecular weight is 376 g/mol. The molecule has 0 heterocycles. The van der Waals surface area contributed by atoms with Crippen molar-refractivity contribution in [2.24, 2.45) is 0 Å². The zero-order valence-corrected chi connectivity index (χ0v) is 15.7. The maximum absolute atomic E-state index is 12.0. The molecule has 0 aromatic heterocycles. The summed E-state index contributed by atoms with van der Waals surface area (Å²) in [5.74, 6) is -0.328. The predicted octanol–water partition coefficient (Wildman–Crippen LogP) is 0.997. The van der Waals surface area contributed by atoms with Gasteiger partial charge in [-0.1, -0.05) is 12.1 Å². The zero-order valence-electron chi connectivity index (χ0n) is 15.7. The van der Waals surface area contributed by atoms with Crippen molar-refractivity contribution in [2.75, 3.05) is 34.4 Å². The Hall–Kier alpha value is -3.03. The lowest BCUT2D eigenvalue weighted by atomic mass is 10.1. The Morgan fingerprint density at radius 2 is 1.96 bits per heavy atom. The van der Waals surface area contributed by atoms with Crippen LogP contribution in [0, 0.1) is 0 Å². The molecule has 0 atom stereocenters. The third-order valence-corrected chi connectivity index (χ3v) is 3.92. The van der Waals surface area contributed by atoms with Crippen LogP contribution >= 0.6 is 0 Å². The molecule has 1 fully saturated rings. The van der Waals surface area contributed by atoms with E-state index in [2.05, 4.69) is 5.32 Å². The van der Waals surface area contributed by atoms with Crippen molar-refractivity contribution in [3.05, 3.63) is 29.8 Å². The summed E-state index contributed by atoms with van der Waals surface area (Å²) < 4.78 is 15.4. The first-order chi connectivity index (χ1) is 12.9. The van der Waals surface area contributed by atoms with E-state index in [1.807, 2.05) is 0 Å². The fourth-order valence-corrected chi connectivity index (χ4v) is 2.30. The molecule has 8 nitrogen and oxygen atoms in total. The highest BCUT2D eigenvalue weighted by atomic mass is 16.5. The number of ether oxygens (including phenoxy) is 3. The van der Waals surface area contributed by atoms with Crippen molar-refractivity contribution in [1.29, 1.82) is 0 Å². The number of carbonyl (C=O) groups is 3. The van der Waals surface area contributed by atoms with Gasteiger partial charge >= 0.3 is 5.97 Å².